The second-order valence-corrected chi connectivity index (χ2v) is 0.346. The van der Waals surface area contributed by atoms with E-state index in [1.165, 1.54) is 0 Å². The van der Waals surface area contributed by atoms with Crippen LogP contribution in [0.4, 0.5) is 0 Å². The largest absolute Gasteiger partial charge is 1.00 e. The zero-order valence-corrected chi connectivity index (χ0v) is 5.87. The van der Waals surface area contributed by atoms with Gasteiger partial charge in [0.2, 0.25) is 0 Å². The first kappa shape index (κ1) is 24.8. The molecule has 0 spiro atoms. The van der Waals surface area contributed by atoms with Gasteiger partial charge in [0.1, 0.15) is 0 Å². The smallest absolute Gasteiger partial charge is 0.870 e. The molecular weight excluding hydrogens is 114 g/mol. The van der Waals surface area contributed by atoms with E-state index < -0.39 is 7.32 Å². The van der Waals surface area contributed by atoms with Gasteiger partial charge in [-0.1, -0.05) is 0 Å². The van der Waals surface area contributed by atoms with Crippen LogP contribution in [0.25, 0.3) is 0 Å². The Balaban J connectivity index is -0.0000000150. The van der Waals surface area contributed by atoms with Crippen LogP contribution in [0.3, 0.4) is 0 Å². The Morgan fingerprint density at radius 1 is 1.00 bits per heavy atom. The molecular formula is H6BNaO5. The quantitative estimate of drug-likeness (QED) is 0.275. The Kier molecular flexibility index (Phi) is 56.0. The van der Waals surface area contributed by atoms with Crippen LogP contribution in [0.5, 0.6) is 0 Å². The minimum atomic E-state index is -2.17. The third-order valence-electron chi connectivity index (χ3n) is 0. The second kappa shape index (κ2) is 15.8. The fourth-order valence-electron chi connectivity index (χ4n) is 0. The molecule has 0 aliphatic rings. The average Bonchev–Trinajstić information content (AvgIpc) is 0.811. The van der Waals surface area contributed by atoms with Gasteiger partial charge in [-0.25, -0.2) is 0 Å². The standard InChI is InChI=1S/BH3O3.Na.2H2O/c2-1(3)4;;;/h2-4H;;2*1H2/q;+1;;/p-1. The van der Waals surface area contributed by atoms with Gasteiger partial charge in [-0.3, -0.25) is 0 Å². The van der Waals surface area contributed by atoms with Crippen molar-refractivity contribution >= 4 is 7.32 Å². The number of rotatable bonds is 0. The number of hydrogen-bond donors (Lipinski definition) is 3. The molecule has 0 unspecified atom stereocenters. The van der Waals surface area contributed by atoms with Crippen LogP contribution in [0.2, 0.25) is 0 Å². The summed E-state index contributed by atoms with van der Waals surface area (Å²) in [7, 11) is -2.17. The van der Waals surface area contributed by atoms with Crippen LogP contribution in [-0.4, -0.2) is 33.3 Å². The molecule has 0 aromatic rings. The molecule has 5 nitrogen and oxygen atoms in total. The average molecular weight is 120 g/mol. The summed E-state index contributed by atoms with van der Waals surface area (Å²) in [5, 5.41) is 21.5. The third kappa shape index (κ3) is 217. The Hall–Kier alpha value is 0.865. The summed E-state index contributed by atoms with van der Waals surface area (Å²) in [5.41, 5.74) is 0. The third-order valence-corrected chi connectivity index (χ3v) is 0. The molecule has 7 heteroatoms. The summed E-state index contributed by atoms with van der Waals surface area (Å²) in [6, 6.07) is 0. The van der Waals surface area contributed by atoms with Gasteiger partial charge >= 0.3 is 36.9 Å². The molecule has 0 bridgehead atoms. The molecule has 0 aliphatic heterocycles. The Morgan fingerprint density at radius 2 is 1.00 bits per heavy atom. The monoisotopic (exact) mass is 120 g/mol. The predicted octanol–water partition coefficient (Wildman–Crippen LogP) is -6.05. The molecule has 0 aliphatic carbocycles. The van der Waals surface area contributed by atoms with Crippen LogP contribution in [-0.2, 0) is 0 Å². The Morgan fingerprint density at radius 3 is 1.00 bits per heavy atom. The molecule has 0 radical (unpaired) electrons. The zero-order chi connectivity index (χ0) is 3.58. The molecule has 0 atom stereocenters. The summed E-state index contributed by atoms with van der Waals surface area (Å²) in [6.45, 7) is 0. The van der Waals surface area contributed by atoms with Crippen LogP contribution in [0, 0.1) is 0 Å². The summed E-state index contributed by atoms with van der Waals surface area (Å²) in [5.74, 6) is 0. The molecule has 40 valence electrons. The van der Waals surface area contributed by atoms with Crippen molar-refractivity contribution < 1.29 is 55.6 Å². The molecule has 0 heterocycles. The van der Waals surface area contributed by atoms with E-state index in [-0.39, 0.29) is 40.5 Å². The van der Waals surface area contributed by atoms with Gasteiger partial charge in [-0.15, -0.1) is 0 Å². The maximum absolute atomic E-state index is 7.17. The molecule has 0 aromatic heterocycles. The molecule has 7 heavy (non-hydrogen) atoms. The van der Waals surface area contributed by atoms with Gasteiger partial charge in [0.05, 0.1) is 0 Å². The van der Waals surface area contributed by atoms with Crippen molar-refractivity contribution in [2.24, 2.45) is 0 Å². The van der Waals surface area contributed by atoms with Gasteiger partial charge in [0, 0.05) is 0 Å². The number of hydrogen-bond acceptors (Lipinski definition) is 4. The van der Waals surface area contributed by atoms with Gasteiger partial charge in [-0.05, 0) is 0 Å². The van der Waals surface area contributed by atoms with Gasteiger partial charge in [0.15, 0.2) is 0 Å². The molecule has 6 N–H and O–H groups in total. The van der Waals surface area contributed by atoms with Gasteiger partial charge in [-0.2, -0.15) is 0 Å². The first-order valence-corrected chi connectivity index (χ1v) is 0.775. The van der Waals surface area contributed by atoms with Crippen LogP contribution in [0.15, 0.2) is 0 Å². The maximum atomic E-state index is 7.17. The summed E-state index contributed by atoms with van der Waals surface area (Å²) in [4.78, 5) is 0. The zero-order valence-electron chi connectivity index (χ0n) is 3.87. The summed E-state index contributed by atoms with van der Waals surface area (Å²) < 4.78 is 0. The van der Waals surface area contributed by atoms with E-state index >= 15 is 0 Å². The van der Waals surface area contributed by atoms with Crippen LogP contribution >= 0.6 is 0 Å². The Bertz CT molecular complexity index is 12.8. The van der Waals surface area contributed by atoms with E-state index in [4.69, 9.17) is 15.1 Å². The van der Waals surface area contributed by atoms with E-state index in [0.717, 1.165) is 0 Å². The SMILES string of the molecule is O.OB(O)O.[Na+].[OH-]. The van der Waals surface area contributed by atoms with Crippen molar-refractivity contribution in [1.29, 1.82) is 0 Å². The molecule has 0 saturated carbocycles. The Labute approximate surface area is 63.1 Å². The molecule has 0 amide bonds. The van der Waals surface area contributed by atoms with E-state index in [1.54, 1.807) is 0 Å². The molecule has 0 rings (SSSR count). The summed E-state index contributed by atoms with van der Waals surface area (Å²) >= 11 is 0. The molecule has 0 fully saturated rings. The predicted molar refractivity (Wildman–Crippen MR) is 18.0 cm³/mol. The van der Waals surface area contributed by atoms with Crippen molar-refractivity contribution in [2.75, 3.05) is 0 Å². The van der Waals surface area contributed by atoms with Crippen LogP contribution < -0.4 is 29.6 Å². The first-order chi connectivity index (χ1) is 1.73. The van der Waals surface area contributed by atoms with Crippen molar-refractivity contribution in [3.8, 4) is 0 Å². The normalized spacial score (nSPS) is 3.86. The van der Waals surface area contributed by atoms with Crippen LogP contribution in [0.1, 0.15) is 0 Å². The fraction of sp³-hybridized carbons (Fsp3) is 0. The second-order valence-electron chi connectivity index (χ2n) is 0.346. The topological polar surface area (TPSA) is 122 Å². The maximum Gasteiger partial charge on any atom is 1.00 e. The van der Waals surface area contributed by atoms with E-state index in [2.05, 4.69) is 0 Å². The minimum absolute atomic E-state index is 0. The van der Waals surface area contributed by atoms with E-state index in [1.807, 2.05) is 0 Å². The van der Waals surface area contributed by atoms with Gasteiger partial charge < -0.3 is 26.0 Å². The van der Waals surface area contributed by atoms with Crippen molar-refractivity contribution in [3.05, 3.63) is 0 Å². The van der Waals surface area contributed by atoms with Crippen molar-refractivity contribution in [2.45, 2.75) is 0 Å². The first-order valence-electron chi connectivity index (χ1n) is 0.775. The van der Waals surface area contributed by atoms with Crippen molar-refractivity contribution in [3.63, 3.8) is 0 Å². The van der Waals surface area contributed by atoms with Crippen molar-refractivity contribution in [1.82, 2.24) is 0 Å². The molecule has 0 saturated heterocycles. The van der Waals surface area contributed by atoms with Gasteiger partial charge in [0.25, 0.3) is 0 Å². The van der Waals surface area contributed by atoms with E-state index in [9.17, 15) is 0 Å². The summed E-state index contributed by atoms with van der Waals surface area (Å²) in [6.07, 6.45) is 0. The fourth-order valence-corrected chi connectivity index (χ4v) is 0. The van der Waals surface area contributed by atoms with E-state index in [0.29, 0.717) is 0 Å². The minimum Gasteiger partial charge on any atom is -0.870 e. The molecule has 0 aromatic carbocycles.